The van der Waals surface area contributed by atoms with Crippen LogP contribution in [0.15, 0.2) is 40.5 Å². The van der Waals surface area contributed by atoms with Gasteiger partial charge < -0.3 is 10.1 Å². The molecular formula is C23H28N4O2S. The van der Waals surface area contributed by atoms with Gasteiger partial charge in [0, 0.05) is 43.3 Å². The Morgan fingerprint density at radius 3 is 2.83 bits per heavy atom. The van der Waals surface area contributed by atoms with Crippen LogP contribution in [-0.2, 0) is 16.1 Å². The third-order valence-corrected chi connectivity index (χ3v) is 7.90. The van der Waals surface area contributed by atoms with Gasteiger partial charge in [-0.05, 0) is 54.7 Å². The fraction of sp³-hybridized carbons (Fsp3) is 0.522. The quantitative estimate of drug-likeness (QED) is 0.606. The summed E-state index contributed by atoms with van der Waals surface area (Å²) in [6, 6.07) is 6.71. The number of likely N-dealkylation sites (tertiary alicyclic amines) is 1. The number of nitrogens with one attached hydrogen (secondary N) is 1. The van der Waals surface area contributed by atoms with E-state index in [1.807, 2.05) is 0 Å². The Morgan fingerprint density at radius 2 is 2.03 bits per heavy atom. The van der Waals surface area contributed by atoms with Gasteiger partial charge in [-0.25, -0.2) is 9.97 Å². The standard InChI is InChI=1S/C23H28N4O2S/c1-29-21(28)8-6-18-16-3-2-4-17(18)14-27(13-16)12-15-5-7-20-19(11-15)26-22-23(30-20)25-10-9-24-22/h5,7,9-11,16-18H,2-4,6,8,12-14H2,1H3,(H,24,26). The van der Waals surface area contributed by atoms with Crippen molar-refractivity contribution in [1.82, 2.24) is 14.9 Å². The van der Waals surface area contributed by atoms with Crippen LogP contribution in [0.4, 0.5) is 11.5 Å². The van der Waals surface area contributed by atoms with Crippen molar-refractivity contribution in [3.63, 3.8) is 0 Å². The van der Waals surface area contributed by atoms with E-state index in [-0.39, 0.29) is 5.97 Å². The number of esters is 1. The van der Waals surface area contributed by atoms with E-state index in [0.29, 0.717) is 24.2 Å². The minimum atomic E-state index is -0.0683. The molecule has 1 saturated carbocycles. The number of piperidine rings is 1. The van der Waals surface area contributed by atoms with Crippen LogP contribution in [0.25, 0.3) is 0 Å². The van der Waals surface area contributed by atoms with Crippen LogP contribution in [0.2, 0.25) is 0 Å². The van der Waals surface area contributed by atoms with Gasteiger partial charge in [-0.1, -0.05) is 24.2 Å². The second-order valence-electron chi connectivity index (χ2n) is 8.69. The molecule has 2 bridgehead atoms. The molecule has 2 atom stereocenters. The predicted octanol–water partition coefficient (Wildman–Crippen LogP) is 4.49. The number of rotatable bonds is 5. The average Bonchev–Trinajstić information content (AvgIpc) is 2.76. The fourth-order valence-electron chi connectivity index (χ4n) is 5.47. The van der Waals surface area contributed by atoms with Crippen molar-refractivity contribution in [1.29, 1.82) is 0 Å². The number of carbonyl (C=O) groups excluding carboxylic acids is 1. The molecular weight excluding hydrogens is 396 g/mol. The number of carbonyl (C=O) groups is 1. The number of nitrogens with zero attached hydrogens (tertiary/aromatic N) is 3. The molecule has 6 nitrogen and oxygen atoms in total. The number of ether oxygens (including phenoxy) is 1. The first kappa shape index (κ1) is 19.8. The molecule has 2 fully saturated rings. The Kier molecular flexibility index (Phi) is 5.65. The first-order valence-electron chi connectivity index (χ1n) is 10.9. The zero-order chi connectivity index (χ0) is 20.5. The van der Waals surface area contributed by atoms with E-state index in [2.05, 4.69) is 38.4 Å². The molecule has 2 unspecified atom stereocenters. The van der Waals surface area contributed by atoms with E-state index < -0.39 is 0 Å². The Hall–Kier alpha value is -2.12. The lowest BCUT2D eigenvalue weighted by atomic mass is 9.67. The molecule has 1 N–H and O–H groups in total. The van der Waals surface area contributed by atoms with Gasteiger partial charge in [0.25, 0.3) is 0 Å². The number of hydrogen-bond donors (Lipinski definition) is 1. The maximum Gasteiger partial charge on any atom is 0.305 e. The van der Waals surface area contributed by atoms with Crippen molar-refractivity contribution >= 4 is 29.2 Å². The van der Waals surface area contributed by atoms with Gasteiger partial charge in [0.2, 0.25) is 0 Å². The van der Waals surface area contributed by atoms with Crippen LogP contribution in [0, 0.1) is 17.8 Å². The summed E-state index contributed by atoms with van der Waals surface area (Å²) in [6.07, 6.45) is 8.91. The van der Waals surface area contributed by atoms with Crippen molar-refractivity contribution in [2.75, 3.05) is 25.5 Å². The van der Waals surface area contributed by atoms with E-state index in [0.717, 1.165) is 42.6 Å². The van der Waals surface area contributed by atoms with E-state index >= 15 is 0 Å². The number of hydrogen-bond acceptors (Lipinski definition) is 7. The number of benzene rings is 1. The monoisotopic (exact) mass is 424 g/mol. The van der Waals surface area contributed by atoms with Crippen molar-refractivity contribution in [2.45, 2.75) is 48.6 Å². The maximum absolute atomic E-state index is 11.6. The first-order valence-corrected chi connectivity index (χ1v) is 11.7. The SMILES string of the molecule is COC(=O)CCC1C2CCCC1CN(Cc1ccc3c(c1)Nc1nccnc1S3)C2. The van der Waals surface area contributed by atoms with Gasteiger partial charge >= 0.3 is 5.97 Å². The lowest BCUT2D eigenvalue weighted by molar-refractivity contribution is -0.141. The lowest BCUT2D eigenvalue weighted by Crippen LogP contribution is -2.48. The zero-order valence-corrected chi connectivity index (χ0v) is 18.2. The molecule has 1 aromatic heterocycles. The van der Waals surface area contributed by atoms with Gasteiger partial charge in [0.15, 0.2) is 5.82 Å². The van der Waals surface area contributed by atoms with Crippen LogP contribution >= 0.6 is 11.8 Å². The van der Waals surface area contributed by atoms with Crippen LogP contribution < -0.4 is 5.32 Å². The summed E-state index contributed by atoms with van der Waals surface area (Å²) in [5.74, 6) is 2.85. The first-order chi connectivity index (χ1) is 14.7. The highest BCUT2D eigenvalue weighted by molar-refractivity contribution is 7.99. The smallest absolute Gasteiger partial charge is 0.305 e. The Morgan fingerprint density at radius 1 is 1.23 bits per heavy atom. The summed E-state index contributed by atoms with van der Waals surface area (Å²) < 4.78 is 4.87. The van der Waals surface area contributed by atoms with Crippen molar-refractivity contribution in [3.05, 3.63) is 36.2 Å². The summed E-state index contributed by atoms with van der Waals surface area (Å²) in [5, 5.41) is 4.37. The highest BCUT2D eigenvalue weighted by atomic mass is 32.2. The molecule has 2 aromatic rings. The third-order valence-electron chi connectivity index (χ3n) is 6.83. The van der Waals surface area contributed by atoms with Crippen LogP contribution in [0.5, 0.6) is 0 Å². The van der Waals surface area contributed by atoms with Crippen LogP contribution in [-0.4, -0.2) is 41.0 Å². The molecule has 30 heavy (non-hydrogen) atoms. The predicted molar refractivity (Wildman–Crippen MR) is 117 cm³/mol. The van der Waals surface area contributed by atoms with Crippen LogP contribution in [0.1, 0.15) is 37.7 Å². The summed E-state index contributed by atoms with van der Waals surface area (Å²) in [6.45, 7) is 3.25. The fourth-order valence-corrected chi connectivity index (χ4v) is 6.35. The van der Waals surface area contributed by atoms with E-state index in [9.17, 15) is 4.79 Å². The topological polar surface area (TPSA) is 67.3 Å². The highest BCUT2D eigenvalue weighted by Gasteiger charge is 2.39. The van der Waals surface area contributed by atoms with Crippen molar-refractivity contribution in [3.8, 4) is 0 Å². The summed E-state index contributed by atoms with van der Waals surface area (Å²) in [7, 11) is 1.49. The number of aromatic nitrogens is 2. The molecule has 3 heterocycles. The highest BCUT2D eigenvalue weighted by Crippen LogP contribution is 2.44. The largest absolute Gasteiger partial charge is 0.469 e. The maximum atomic E-state index is 11.6. The van der Waals surface area contributed by atoms with E-state index in [1.54, 1.807) is 24.2 Å². The summed E-state index contributed by atoms with van der Waals surface area (Å²) in [4.78, 5) is 24.3. The number of anilines is 2. The Labute approximate surface area is 181 Å². The molecule has 2 aliphatic heterocycles. The van der Waals surface area contributed by atoms with E-state index in [4.69, 9.17) is 4.74 Å². The van der Waals surface area contributed by atoms with Gasteiger partial charge in [0.1, 0.15) is 5.03 Å². The van der Waals surface area contributed by atoms with Crippen LogP contribution in [0.3, 0.4) is 0 Å². The molecule has 5 rings (SSSR count). The zero-order valence-electron chi connectivity index (χ0n) is 17.3. The average molecular weight is 425 g/mol. The molecule has 0 radical (unpaired) electrons. The molecule has 158 valence electrons. The third kappa shape index (κ3) is 4.05. The number of fused-ring (bicyclic) bond motifs is 4. The van der Waals surface area contributed by atoms with Gasteiger partial charge in [-0.3, -0.25) is 9.69 Å². The molecule has 1 aromatic carbocycles. The summed E-state index contributed by atoms with van der Waals surface area (Å²) >= 11 is 1.67. The second-order valence-corrected chi connectivity index (χ2v) is 9.72. The molecule has 7 heteroatoms. The molecule has 0 spiro atoms. The van der Waals surface area contributed by atoms with Gasteiger partial charge in [-0.2, -0.15) is 0 Å². The molecule has 1 aliphatic carbocycles. The Bertz CT molecular complexity index is 923. The van der Waals surface area contributed by atoms with Crippen molar-refractivity contribution < 1.29 is 9.53 Å². The van der Waals surface area contributed by atoms with Crippen molar-refractivity contribution in [2.24, 2.45) is 17.8 Å². The minimum absolute atomic E-state index is 0.0683. The lowest BCUT2D eigenvalue weighted by Gasteiger charge is -2.47. The molecule has 3 aliphatic rings. The molecule has 1 saturated heterocycles. The van der Waals surface area contributed by atoms with Gasteiger partial charge in [-0.15, -0.1) is 0 Å². The number of methoxy groups -OCH3 is 1. The Balaban J connectivity index is 1.25. The van der Waals surface area contributed by atoms with E-state index in [1.165, 1.54) is 36.8 Å². The second kappa shape index (κ2) is 8.55. The minimum Gasteiger partial charge on any atom is -0.469 e. The van der Waals surface area contributed by atoms with Gasteiger partial charge in [0.05, 0.1) is 12.8 Å². The normalized spacial score (nSPS) is 25.0. The summed E-state index contributed by atoms with van der Waals surface area (Å²) in [5.41, 5.74) is 2.46. The molecule has 0 amide bonds.